The van der Waals surface area contributed by atoms with Gasteiger partial charge in [0.2, 0.25) is 0 Å². The molecule has 3 nitrogen and oxygen atoms in total. The molecule has 1 heterocycles. The van der Waals surface area contributed by atoms with Gasteiger partial charge in [-0.15, -0.1) is 0 Å². The molecule has 0 saturated carbocycles. The van der Waals surface area contributed by atoms with E-state index in [-0.39, 0.29) is 0 Å². The first-order valence-electron chi connectivity index (χ1n) is 5.36. The highest BCUT2D eigenvalue weighted by Crippen LogP contribution is 2.20. The van der Waals surface area contributed by atoms with Gasteiger partial charge >= 0.3 is 0 Å². The minimum atomic E-state index is 0.301. The van der Waals surface area contributed by atoms with E-state index in [9.17, 15) is 5.11 Å². The van der Waals surface area contributed by atoms with Gasteiger partial charge in [0.25, 0.3) is 0 Å². The Morgan fingerprint density at radius 1 is 1.54 bits per heavy atom. The Hall–Kier alpha value is -0.120. The van der Waals surface area contributed by atoms with Crippen LogP contribution in [0.5, 0.6) is 0 Å². The van der Waals surface area contributed by atoms with E-state index in [1.165, 1.54) is 12.8 Å². The number of hydrogen-bond donors (Lipinski definition) is 2. The maximum absolute atomic E-state index is 9.21. The molecule has 13 heavy (non-hydrogen) atoms. The van der Waals surface area contributed by atoms with Crippen molar-refractivity contribution in [2.45, 2.75) is 44.7 Å². The lowest BCUT2D eigenvalue weighted by atomic mass is 10.00. The smallest absolute Gasteiger partial charge is 0.0586 e. The first-order chi connectivity index (χ1) is 6.29. The first-order valence-corrected chi connectivity index (χ1v) is 5.36. The summed E-state index contributed by atoms with van der Waals surface area (Å²) in [5.74, 6) is 0. The molecule has 0 aliphatic carbocycles. The molecule has 0 amide bonds. The van der Waals surface area contributed by atoms with Crippen molar-refractivity contribution in [3.8, 4) is 0 Å². The molecular formula is C10H22N2O. The predicted molar refractivity (Wildman–Crippen MR) is 54.6 cm³/mol. The third-order valence-electron chi connectivity index (χ3n) is 3.03. The van der Waals surface area contributed by atoms with E-state index >= 15 is 0 Å². The zero-order valence-electron chi connectivity index (χ0n) is 8.58. The molecule has 2 atom stereocenters. The lowest BCUT2D eigenvalue weighted by Crippen LogP contribution is -2.47. The summed E-state index contributed by atoms with van der Waals surface area (Å²) in [5.41, 5.74) is 5.53. The Bertz CT molecular complexity index is 141. The SMILES string of the molecule is CC(CCN)N1CCCCC1CO. The maximum atomic E-state index is 9.21. The summed E-state index contributed by atoms with van der Waals surface area (Å²) < 4.78 is 0. The van der Waals surface area contributed by atoms with Crippen molar-refractivity contribution < 1.29 is 5.11 Å². The second-order valence-electron chi connectivity index (χ2n) is 4.00. The molecule has 0 bridgehead atoms. The summed E-state index contributed by atoms with van der Waals surface area (Å²) in [6.45, 7) is 4.39. The van der Waals surface area contributed by atoms with Gasteiger partial charge in [0.15, 0.2) is 0 Å². The molecule has 1 aliphatic heterocycles. The lowest BCUT2D eigenvalue weighted by molar-refractivity contribution is 0.0569. The van der Waals surface area contributed by atoms with Crippen LogP contribution in [0, 0.1) is 0 Å². The second-order valence-corrected chi connectivity index (χ2v) is 4.00. The molecule has 1 saturated heterocycles. The zero-order valence-corrected chi connectivity index (χ0v) is 8.58. The van der Waals surface area contributed by atoms with Gasteiger partial charge in [-0.2, -0.15) is 0 Å². The van der Waals surface area contributed by atoms with E-state index < -0.39 is 0 Å². The van der Waals surface area contributed by atoms with Crippen LogP contribution < -0.4 is 5.73 Å². The summed E-state index contributed by atoms with van der Waals surface area (Å²) >= 11 is 0. The molecule has 2 unspecified atom stereocenters. The van der Waals surface area contributed by atoms with Crippen LogP contribution in [0.2, 0.25) is 0 Å². The Balaban J connectivity index is 2.43. The fraction of sp³-hybridized carbons (Fsp3) is 1.00. The highest BCUT2D eigenvalue weighted by Gasteiger charge is 2.24. The van der Waals surface area contributed by atoms with Gasteiger partial charge in [-0.3, -0.25) is 4.90 Å². The van der Waals surface area contributed by atoms with Crippen LogP contribution in [0.4, 0.5) is 0 Å². The third kappa shape index (κ3) is 2.93. The highest BCUT2D eigenvalue weighted by molar-refractivity contribution is 4.80. The number of nitrogens with two attached hydrogens (primary N) is 1. The largest absolute Gasteiger partial charge is 0.395 e. The molecule has 1 rings (SSSR count). The molecule has 0 radical (unpaired) electrons. The van der Waals surface area contributed by atoms with Gasteiger partial charge < -0.3 is 10.8 Å². The normalized spacial score (nSPS) is 27.5. The highest BCUT2D eigenvalue weighted by atomic mass is 16.3. The molecule has 3 N–H and O–H groups in total. The van der Waals surface area contributed by atoms with Gasteiger partial charge in [0.1, 0.15) is 0 Å². The number of aliphatic hydroxyl groups excluding tert-OH is 1. The van der Waals surface area contributed by atoms with Crippen molar-refractivity contribution in [1.82, 2.24) is 4.90 Å². The van der Waals surface area contributed by atoms with Gasteiger partial charge in [0, 0.05) is 12.1 Å². The Kier molecular flexibility index (Phi) is 4.70. The van der Waals surface area contributed by atoms with Crippen LogP contribution in [0.1, 0.15) is 32.6 Å². The van der Waals surface area contributed by atoms with Crippen molar-refractivity contribution >= 4 is 0 Å². The summed E-state index contributed by atoms with van der Waals surface area (Å²) in [4.78, 5) is 2.41. The van der Waals surface area contributed by atoms with E-state index in [1.54, 1.807) is 0 Å². The van der Waals surface area contributed by atoms with Crippen molar-refractivity contribution in [2.75, 3.05) is 19.7 Å². The summed E-state index contributed by atoms with van der Waals surface area (Å²) in [6, 6.07) is 0.915. The van der Waals surface area contributed by atoms with Crippen LogP contribution in [0.15, 0.2) is 0 Å². The van der Waals surface area contributed by atoms with Crippen LogP contribution in [-0.4, -0.2) is 41.8 Å². The quantitative estimate of drug-likeness (QED) is 0.675. The number of rotatable bonds is 4. The van der Waals surface area contributed by atoms with Crippen LogP contribution >= 0.6 is 0 Å². The minimum absolute atomic E-state index is 0.301. The number of nitrogens with zero attached hydrogens (tertiary/aromatic N) is 1. The van der Waals surface area contributed by atoms with Crippen molar-refractivity contribution in [3.05, 3.63) is 0 Å². The average molecular weight is 186 g/mol. The Morgan fingerprint density at radius 2 is 2.31 bits per heavy atom. The number of aliphatic hydroxyl groups is 1. The molecule has 1 fully saturated rings. The summed E-state index contributed by atoms with van der Waals surface area (Å²) in [5, 5.41) is 9.21. The Labute approximate surface area is 80.9 Å². The molecule has 0 aromatic carbocycles. The molecular weight excluding hydrogens is 164 g/mol. The Morgan fingerprint density at radius 3 is 2.92 bits per heavy atom. The second kappa shape index (κ2) is 5.58. The van der Waals surface area contributed by atoms with E-state index in [0.717, 1.165) is 25.9 Å². The van der Waals surface area contributed by atoms with Crippen molar-refractivity contribution in [3.63, 3.8) is 0 Å². The molecule has 1 aliphatic rings. The van der Waals surface area contributed by atoms with Crippen LogP contribution in [0.3, 0.4) is 0 Å². The van der Waals surface area contributed by atoms with E-state index in [0.29, 0.717) is 18.7 Å². The van der Waals surface area contributed by atoms with Crippen molar-refractivity contribution in [2.24, 2.45) is 5.73 Å². The van der Waals surface area contributed by atoms with E-state index in [4.69, 9.17) is 5.73 Å². The standard InChI is InChI=1S/C10H22N2O/c1-9(5-6-11)12-7-3-2-4-10(12)8-13/h9-10,13H,2-8,11H2,1H3. The van der Waals surface area contributed by atoms with Crippen LogP contribution in [0.25, 0.3) is 0 Å². The fourth-order valence-corrected chi connectivity index (χ4v) is 2.21. The van der Waals surface area contributed by atoms with Gasteiger partial charge in [-0.25, -0.2) is 0 Å². The topological polar surface area (TPSA) is 49.5 Å². The lowest BCUT2D eigenvalue weighted by Gasteiger charge is -2.39. The molecule has 0 spiro atoms. The van der Waals surface area contributed by atoms with E-state index in [1.807, 2.05) is 0 Å². The van der Waals surface area contributed by atoms with Crippen molar-refractivity contribution in [1.29, 1.82) is 0 Å². The summed E-state index contributed by atoms with van der Waals surface area (Å²) in [7, 11) is 0. The molecule has 78 valence electrons. The number of piperidine rings is 1. The molecule has 0 aromatic rings. The number of likely N-dealkylation sites (tertiary alicyclic amines) is 1. The predicted octanol–water partition coefficient (Wildman–Crippen LogP) is 0.570. The minimum Gasteiger partial charge on any atom is -0.395 e. The number of hydrogen-bond acceptors (Lipinski definition) is 3. The van der Waals surface area contributed by atoms with Gasteiger partial charge in [-0.1, -0.05) is 6.42 Å². The third-order valence-corrected chi connectivity index (χ3v) is 3.03. The van der Waals surface area contributed by atoms with E-state index in [2.05, 4.69) is 11.8 Å². The molecule has 3 heteroatoms. The fourth-order valence-electron chi connectivity index (χ4n) is 2.21. The first kappa shape index (κ1) is 11.0. The summed E-state index contributed by atoms with van der Waals surface area (Å²) in [6.07, 6.45) is 4.71. The molecule has 0 aromatic heterocycles. The van der Waals surface area contributed by atoms with Gasteiger partial charge in [-0.05, 0) is 39.3 Å². The van der Waals surface area contributed by atoms with Crippen LogP contribution in [-0.2, 0) is 0 Å². The maximum Gasteiger partial charge on any atom is 0.0586 e. The van der Waals surface area contributed by atoms with Gasteiger partial charge in [0.05, 0.1) is 6.61 Å². The monoisotopic (exact) mass is 186 g/mol. The zero-order chi connectivity index (χ0) is 9.68. The average Bonchev–Trinajstić information content (AvgIpc) is 2.18.